The van der Waals surface area contributed by atoms with E-state index in [-0.39, 0.29) is 23.7 Å². The summed E-state index contributed by atoms with van der Waals surface area (Å²) in [7, 11) is 0. The van der Waals surface area contributed by atoms with E-state index >= 15 is 0 Å². The summed E-state index contributed by atoms with van der Waals surface area (Å²) < 4.78 is 20.7. The van der Waals surface area contributed by atoms with Crippen molar-refractivity contribution in [3.05, 3.63) is 65.9 Å². The Morgan fingerprint density at radius 3 is 2.59 bits per heavy atom. The van der Waals surface area contributed by atoms with Crippen molar-refractivity contribution >= 4 is 16.8 Å². The first-order valence-electron chi connectivity index (χ1n) is 10.9. The maximum Gasteiger partial charge on any atom is 0.253 e. The molecule has 3 heterocycles. The van der Waals surface area contributed by atoms with E-state index in [9.17, 15) is 9.18 Å². The third kappa shape index (κ3) is 3.77. The van der Waals surface area contributed by atoms with Gasteiger partial charge < -0.3 is 9.42 Å². The highest BCUT2D eigenvalue weighted by atomic mass is 19.1. The molecule has 4 aromatic rings. The summed E-state index contributed by atoms with van der Waals surface area (Å²) in [6.45, 7) is 5.38. The minimum Gasteiger partial charge on any atom is -0.339 e. The van der Waals surface area contributed by atoms with Crippen molar-refractivity contribution in [1.29, 1.82) is 0 Å². The highest BCUT2D eigenvalue weighted by Crippen LogP contribution is 2.30. The molecule has 8 heteroatoms. The van der Waals surface area contributed by atoms with Crippen LogP contribution >= 0.6 is 0 Å². The molecule has 0 radical (unpaired) electrons. The summed E-state index contributed by atoms with van der Waals surface area (Å²) in [4.78, 5) is 19.1. The zero-order chi connectivity index (χ0) is 22.2. The zero-order valence-electron chi connectivity index (χ0n) is 18.0. The molecule has 1 fully saturated rings. The number of piperidine rings is 1. The molecule has 1 saturated heterocycles. The van der Waals surface area contributed by atoms with Gasteiger partial charge in [-0.2, -0.15) is 10.1 Å². The van der Waals surface area contributed by atoms with Gasteiger partial charge in [0.05, 0.1) is 11.7 Å². The van der Waals surface area contributed by atoms with Gasteiger partial charge in [-0.15, -0.1) is 0 Å². The number of carbonyl (C=O) groups is 1. The Labute approximate surface area is 184 Å². The van der Waals surface area contributed by atoms with Crippen molar-refractivity contribution in [1.82, 2.24) is 24.8 Å². The molecule has 1 aliphatic rings. The van der Waals surface area contributed by atoms with Crippen molar-refractivity contribution < 1.29 is 13.7 Å². The van der Waals surface area contributed by atoms with Gasteiger partial charge in [0.1, 0.15) is 5.82 Å². The Balaban J connectivity index is 1.29. The van der Waals surface area contributed by atoms with Gasteiger partial charge in [-0.25, -0.2) is 4.39 Å². The SMILES string of the molecule is CC(C)n1ncc2ccc(-c3noc(C4CCN(C(=O)c5ccc(F)cc5)CC4)n3)cc21. The molecular formula is C24H24FN5O2. The van der Waals surface area contributed by atoms with E-state index in [1.54, 1.807) is 4.90 Å². The maximum absolute atomic E-state index is 13.1. The Morgan fingerprint density at radius 2 is 1.88 bits per heavy atom. The minimum atomic E-state index is -0.347. The van der Waals surface area contributed by atoms with Crippen LogP contribution in [0, 0.1) is 5.82 Å². The number of hydrogen-bond donors (Lipinski definition) is 0. The van der Waals surface area contributed by atoms with Crippen LogP contribution in [-0.4, -0.2) is 43.8 Å². The van der Waals surface area contributed by atoms with Gasteiger partial charge in [0.25, 0.3) is 5.91 Å². The predicted octanol–water partition coefficient (Wildman–Crippen LogP) is 4.83. The third-order valence-electron chi connectivity index (χ3n) is 6.01. The Hall–Kier alpha value is -3.55. The summed E-state index contributed by atoms with van der Waals surface area (Å²) in [6, 6.07) is 12.0. The van der Waals surface area contributed by atoms with E-state index in [1.807, 2.05) is 29.1 Å². The van der Waals surface area contributed by atoms with E-state index in [1.165, 1.54) is 24.3 Å². The number of nitrogens with zero attached hydrogens (tertiary/aromatic N) is 5. The smallest absolute Gasteiger partial charge is 0.253 e. The van der Waals surface area contributed by atoms with Crippen molar-refractivity contribution in [2.75, 3.05) is 13.1 Å². The second-order valence-electron chi connectivity index (χ2n) is 8.49. The fraction of sp³-hybridized carbons (Fsp3) is 0.333. The Kier molecular flexibility index (Phi) is 5.20. The highest BCUT2D eigenvalue weighted by molar-refractivity contribution is 5.94. The van der Waals surface area contributed by atoms with Gasteiger partial charge >= 0.3 is 0 Å². The molecule has 0 spiro atoms. The van der Waals surface area contributed by atoms with Crippen LogP contribution in [-0.2, 0) is 0 Å². The molecule has 2 aromatic heterocycles. The lowest BCUT2D eigenvalue weighted by Gasteiger charge is -2.30. The number of halogens is 1. The van der Waals surface area contributed by atoms with Crippen molar-refractivity contribution in [2.24, 2.45) is 0 Å². The number of hydrogen-bond acceptors (Lipinski definition) is 5. The predicted molar refractivity (Wildman–Crippen MR) is 118 cm³/mol. The second-order valence-corrected chi connectivity index (χ2v) is 8.49. The third-order valence-corrected chi connectivity index (χ3v) is 6.01. The zero-order valence-corrected chi connectivity index (χ0v) is 18.0. The van der Waals surface area contributed by atoms with Gasteiger partial charge in [-0.3, -0.25) is 9.48 Å². The topological polar surface area (TPSA) is 77.0 Å². The van der Waals surface area contributed by atoms with Crippen LogP contribution in [0.3, 0.4) is 0 Å². The van der Waals surface area contributed by atoms with E-state index < -0.39 is 0 Å². The molecule has 0 bridgehead atoms. The Bertz CT molecular complexity index is 1250. The molecule has 7 nitrogen and oxygen atoms in total. The van der Waals surface area contributed by atoms with Gasteiger partial charge in [0.2, 0.25) is 11.7 Å². The van der Waals surface area contributed by atoms with Gasteiger partial charge in [-0.1, -0.05) is 17.3 Å². The number of amides is 1. The van der Waals surface area contributed by atoms with Gasteiger partial charge in [0, 0.05) is 41.6 Å². The molecule has 1 aliphatic heterocycles. The van der Waals surface area contributed by atoms with Crippen LogP contribution in [0.1, 0.15) is 54.9 Å². The molecule has 0 saturated carbocycles. The van der Waals surface area contributed by atoms with Gasteiger partial charge in [0.15, 0.2) is 0 Å². The average molecular weight is 433 g/mol. The number of likely N-dealkylation sites (tertiary alicyclic amines) is 1. The highest BCUT2D eigenvalue weighted by Gasteiger charge is 2.28. The second kappa shape index (κ2) is 8.18. The molecule has 0 aliphatic carbocycles. The summed E-state index contributed by atoms with van der Waals surface area (Å²) >= 11 is 0. The normalized spacial score (nSPS) is 15.1. The van der Waals surface area contributed by atoms with Crippen LogP contribution in [0.2, 0.25) is 0 Å². The first-order chi connectivity index (χ1) is 15.5. The number of rotatable bonds is 4. The molecule has 164 valence electrons. The standard InChI is InChI=1S/C24H24FN5O2/c1-15(2)30-21-13-18(3-4-19(21)14-26-30)22-27-23(32-28-22)16-9-11-29(12-10-16)24(31)17-5-7-20(25)8-6-17/h3-8,13-16H,9-12H2,1-2H3. The average Bonchev–Trinajstić information content (AvgIpc) is 3.46. The number of fused-ring (bicyclic) bond motifs is 1. The van der Waals surface area contributed by atoms with E-state index in [0.717, 1.165) is 29.3 Å². The monoisotopic (exact) mass is 433 g/mol. The van der Waals surface area contributed by atoms with Crippen LogP contribution in [0.15, 0.2) is 53.2 Å². The summed E-state index contributed by atoms with van der Waals surface area (Å²) in [6.07, 6.45) is 3.35. The lowest BCUT2D eigenvalue weighted by molar-refractivity contribution is 0.0704. The number of benzene rings is 2. The molecule has 2 aromatic carbocycles. The molecule has 0 atom stereocenters. The van der Waals surface area contributed by atoms with Crippen molar-refractivity contribution in [3.63, 3.8) is 0 Å². The first-order valence-corrected chi connectivity index (χ1v) is 10.9. The molecule has 0 N–H and O–H groups in total. The van der Waals surface area contributed by atoms with E-state index in [2.05, 4.69) is 29.1 Å². The van der Waals surface area contributed by atoms with Crippen LogP contribution in [0.25, 0.3) is 22.3 Å². The first kappa shape index (κ1) is 20.4. The lowest BCUT2D eigenvalue weighted by atomic mass is 9.96. The quantitative estimate of drug-likeness (QED) is 0.461. The van der Waals surface area contributed by atoms with Gasteiger partial charge in [-0.05, 0) is 57.0 Å². The van der Waals surface area contributed by atoms with Crippen LogP contribution < -0.4 is 0 Å². The molecule has 32 heavy (non-hydrogen) atoms. The summed E-state index contributed by atoms with van der Waals surface area (Å²) in [5.74, 6) is 0.845. The van der Waals surface area contributed by atoms with Crippen molar-refractivity contribution in [2.45, 2.75) is 38.6 Å². The molecule has 5 rings (SSSR count). The minimum absolute atomic E-state index is 0.0789. The largest absolute Gasteiger partial charge is 0.339 e. The van der Waals surface area contributed by atoms with Crippen LogP contribution in [0.4, 0.5) is 4.39 Å². The summed E-state index contributed by atoms with van der Waals surface area (Å²) in [5.41, 5.74) is 2.43. The summed E-state index contributed by atoms with van der Waals surface area (Å²) in [5, 5.41) is 9.74. The molecule has 0 unspecified atom stereocenters. The fourth-order valence-electron chi connectivity index (χ4n) is 4.21. The lowest BCUT2D eigenvalue weighted by Crippen LogP contribution is -2.38. The van der Waals surface area contributed by atoms with E-state index in [4.69, 9.17) is 4.52 Å². The number of carbonyl (C=O) groups excluding carboxylic acids is 1. The van der Waals surface area contributed by atoms with E-state index in [0.29, 0.717) is 30.4 Å². The van der Waals surface area contributed by atoms with Crippen LogP contribution in [0.5, 0.6) is 0 Å². The molecular weight excluding hydrogens is 409 g/mol. The Morgan fingerprint density at radius 1 is 1.12 bits per heavy atom. The number of aromatic nitrogens is 4. The van der Waals surface area contributed by atoms with Crippen molar-refractivity contribution in [3.8, 4) is 11.4 Å². The fourth-order valence-corrected chi connectivity index (χ4v) is 4.21. The maximum atomic E-state index is 13.1. The molecule has 1 amide bonds.